The number of carbonyl (C=O) groups excluding carboxylic acids is 1. The number of hydrogen-bond donors (Lipinski definition) is 3. The lowest BCUT2D eigenvalue weighted by atomic mass is 10.2. The maximum Gasteiger partial charge on any atom is 0.257 e. The van der Waals surface area contributed by atoms with E-state index < -0.39 is 0 Å². The van der Waals surface area contributed by atoms with Gasteiger partial charge in [0.2, 0.25) is 5.91 Å². The molecule has 0 spiro atoms. The topological polar surface area (TPSA) is 74.0 Å². The summed E-state index contributed by atoms with van der Waals surface area (Å²) in [7, 11) is 0. The van der Waals surface area contributed by atoms with Crippen LogP contribution in [0.15, 0.2) is 35.1 Å². The maximum absolute atomic E-state index is 11.9. The molecule has 5 nitrogen and oxygen atoms in total. The molecule has 1 aromatic heterocycles. The molecule has 0 unspecified atom stereocenters. The van der Waals surface area contributed by atoms with Gasteiger partial charge in [-0.2, -0.15) is 0 Å². The Morgan fingerprint density at radius 1 is 1.30 bits per heavy atom. The highest BCUT2D eigenvalue weighted by atomic mass is 16.2. The van der Waals surface area contributed by atoms with Crippen LogP contribution in [-0.4, -0.2) is 24.0 Å². The Bertz CT molecular complexity index is 661. The van der Waals surface area contributed by atoms with Crippen LogP contribution in [0.4, 0.5) is 5.82 Å². The average Bonchev–Trinajstić information content (AvgIpc) is 2.43. The van der Waals surface area contributed by atoms with Gasteiger partial charge in [0, 0.05) is 11.9 Å². The highest BCUT2D eigenvalue weighted by molar-refractivity contribution is 5.85. The minimum absolute atomic E-state index is 0.0901. The van der Waals surface area contributed by atoms with E-state index in [-0.39, 0.29) is 18.0 Å². The van der Waals surface area contributed by atoms with Crippen LogP contribution >= 0.6 is 0 Å². The Morgan fingerprint density at radius 2 is 2.05 bits per heavy atom. The Balaban J connectivity index is 2.03. The standard InChI is InChI=1S/C15H19N3O2/c1-10(2)8-17-14(19)9-16-13-7-11-5-3-4-6-12(11)15(20)18-13/h3-7,10H,8-9H2,1-2H3,(H,17,19)(H2,16,18,20). The highest BCUT2D eigenvalue weighted by Crippen LogP contribution is 2.12. The predicted octanol–water partition coefficient (Wildman–Crippen LogP) is 1.71. The molecular weight excluding hydrogens is 254 g/mol. The number of benzene rings is 1. The van der Waals surface area contributed by atoms with Gasteiger partial charge in [-0.05, 0) is 23.4 Å². The van der Waals surface area contributed by atoms with Crippen molar-refractivity contribution in [1.82, 2.24) is 10.3 Å². The van der Waals surface area contributed by atoms with Crippen LogP contribution in [0.1, 0.15) is 13.8 Å². The van der Waals surface area contributed by atoms with Crippen LogP contribution in [0.3, 0.4) is 0 Å². The van der Waals surface area contributed by atoms with Gasteiger partial charge < -0.3 is 15.6 Å². The molecule has 0 radical (unpaired) electrons. The first-order valence-electron chi connectivity index (χ1n) is 6.69. The van der Waals surface area contributed by atoms with Gasteiger partial charge in [0.25, 0.3) is 5.56 Å². The predicted molar refractivity (Wildman–Crippen MR) is 80.9 cm³/mol. The number of amides is 1. The third-order valence-electron chi connectivity index (χ3n) is 2.90. The van der Waals surface area contributed by atoms with Crippen LogP contribution in [-0.2, 0) is 4.79 Å². The molecule has 20 heavy (non-hydrogen) atoms. The molecule has 0 saturated carbocycles. The fourth-order valence-corrected chi connectivity index (χ4v) is 1.86. The monoisotopic (exact) mass is 273 g/mol. The van der Waals surface area contributed by atoms with Crippen molar-refractivity contribution in [3.63, 3.8) is 0 Å². The first-order valence-corrected chi connectivity index (χ1v) is 6.69. The molecule has 0 aliphatic heterocycles. The van der Waals surface area contributed by atoms with Gasteiger partial charge in [0.05, 0.1) is 6.54 Å². The molecule has 0 bridgehead atoms. The summed E-state index contributed by atoms with van der Waals surface area (Å²) in [6.45, 7) is 4.86. The van der Waals surface area contributed by atoms with E-state index in [0.717, 1.165) is 5.39 Å². The van der Waals surface area contributed by atoms with Crippen molar-refractivity contribution >= 4 is 22.5 Å². The summed E-state index contributed by atoms with van der Waals surface area (Å²) in [4.78, 5) is 26.2. The number of carbonyl (C=O) groups is 1. The second-order valence-electron chi connectivity index (χ2n) is 5.15. The minimum atomic E-state index is -0.159. The third kappa shape index (κ3) is 3.60. The van der Waals surface area contributed by atoms with E-state index in [1.54, 1.807) is 6.07 Å². The molecule has 0 aliphatic carbocycles. The average molecular weight is 273 g/mol. The number of H-pyrrole nitrogens is 1. The Hall–Kier alpha value is -2.30. The normalized spacial score (nSPS) is 10.8. The second kappa shape index (κ2) is 6.23. The SMILES string of the molecule is CC(C)CNC(=O)CNc1cc2ccccc2c(=O)[nH]1. The number of aromatic nitrogens is 1. The molecule has 3 N–H and O–H groups in total. The van der Waals surface area contributed by atoms with Crippen molar-refractivity contribution in [2.75, 3.05) is 18.4 Å². The lowest BCUT2D eigenvalue weighted by Crippen LogP contribution is -2.32. The summed E-state index contributed by atoms with van der Waals surface area (Å²) in [6, 6.07) is 9.17. The Kier molecular flexibility index (Phi) is 4.40. The van der Waals surface area contributed by atoms with Crippen LogP contribution < -0.4 is 16.2 Å². The molecule has 1 heterocycles. The number of nitrogens with one attached hydrogen (secondary N) is 3. The molecule has 106 valence electrons. The van der Waals surface area contributed by atoms with Crippen LogP contribution in [0.5, 0.6) is 0 Å². The van der Waals surface area contributed by atoms with E-state index in [9.17, 15) is 9.59 Å². The van der Waals surface area contributed by atoms with Crippen molar-refractivity contribution < 1.29 is 4.79 Å². The largest absolute Gasteiger partial charge is 0.362 e. The summed E-state index contributed by atoms with van der Waals surface area (Å²) in [6.07, 6.45) is 0. The maximum atomic E-state index is 11.9. The fraction of sp³-hybridized carbons (Fsp3) is 0.333. The zero-order chi connectivity index (χ0) is 14.5. The van der Waals surface area contributed by atoms with Gasteiger partial charge in [-0.1, -0.05) is 32.0 Å². The first-order chi connectivity index (χ1) is 9.56. The smallest absolute Gasteiger partial charge is 0.257 e. The van der Waals surface area contributed by atoms with Crippen LogP contribution in [0.25, 0.3) is 10.8 Å². The first kappa shape index (κ1) is 14.1. The van der Waals surface area contributed by atoms with Gasteiger partial charge in [-0.25, -0.2) is 0 Å². The third-order valence-corrected chi connectivity index (χ3v) is 2.90. The molecule has 2 aromatic rings. The van der Waals surface area contributed by atoms with E-state index in [2.05, 4.69) is 15.6 Å². The van der Waals surface area contributed by atoms with E-state index in [0.29, 0.717) is 23.7 Å². The number of hydrogen-bond acceptors (Lipinski definition) is 3. The minimum Gasteiger partial charge on any atom is -0.362 e. The Labute approximate surface area is 117 Å². The number of pyridine rings is 1. The number of aromatic amines is 1. The van der Waals surface area contributed by atoms with Crippen molar-refractivity contribution in [1.29, 1.82) is 0 Å². The number of anilines is 1. The molecule has 5 heteroatoms. The van der Waals surface area contributed by atoms with Gasteiger partial charge in [0.1, 0.15) is 5.82 Å². The Morgan fingerprint density at radius 3 is 2.80 bits per heavy atom. The van der Waals surface area contributed by atoms with Crippen molar-refractivity contribution in [3.05, 3.63) is 40.7 Å². The molecule has 1 amide bonds. The van der Waals surface area contributed by atoms with Crippen molar-refractivity contribution in [3.8, 4) is 0 Å². The summed E-state index contributed by atoms with van der Waals surface area (Å²) in [5.74, 6) is 0.875. The van der Waals surface area contributed by atoms with E-state index in [1.807, 2.05) is 38.1 Å². The van der Waals surface area contributed by atoms with Gasteiger partial charge in [-0.3, -0.25) is 9.59 Å². The van der Waals surface area contributed by atoms with Gasteiger partial charge in [0.15, 0.2) is 0 Å². The summed E-state index contributed by atoms with van der Waals surface area (Å²) in [5, 5.41) is 7.23. The molecule has 0 atom stereocenters. The summed E-state index contributed by atoms with van der Waals surface area (Å²) >= 11 is 0. The van der Waals surface area contributed by atoms with Gasteiger partial charge >= 0.3 is 0 Å². The lowest BCUT2D eigenvalue weighted by molar-refractivity contribution is -0.119. The molecular formula is C15H19N3O2. The van der Waals surface area contributed by atoms with Crippen LogP contribution in [0, 0.1) is 5.92 Å². The van der Waals surface area contributed by atoms with E-state index in [4.69, 9.17) is 0 Å². The van der Waals surface area contributed by atoms with Crippen molar-refractivity contribution in [2.24, 2.45) is 5.92 Å². The molecule has 1 aromatic carbocycles. The number of fused-ring (bicyclic) bond motifs is 1. The molecule has 0 aliphatic rings. The summed E-state index contributed by atoms with van der Waals surface area (Å²) < 4.78 is 0. The second-order valence-corrected chi connectivity index (χ2v) is 5.15. The quantitative estimate of drug-likeness (QED) is 0.776. The lowest BCUT2D eigenvalue weighted by Gasteiger charge is -2.09. The van der Waals surface area contributed by atoms with E-state index in [1.165, 1.54) is 0 Å². The highest BCUT2D eigenvalue weighted by Gasteiger charge is 2.04. The van der Waals surface area contributed by atoms with Crippen molar-refractivity contribution in [2.45, 2.75) is 13.8 Å². The van der Waals surface area contributed by atoms with E-state index >= 15 is 0 Å². The van der Waals surface area contributed by atoms with Gasteiger partial charge in [-0.15, -0.1) is 0 Å². The zero-order valence-corrected chi connectivity index (χ0v) is 11.7. The molecule has 2 rings (SSSR count). The summed E-state index contributed by atoms with van der Waals surface area (Å²) in [5.41, 5.74) is -0.159. The number of rotatable bonds is 5. The fourth-order valence-electron chi connectivity index (χ4n) is 1.86. The van der Waals surface area contributed by atoms with Crippen LogP contribution in [0.2, 0.25) is 0 Å². The molecule has 0 fully saturated rings. The molecule has 0 saturated heterocycles. The zero-order valence-electron chi connectivity index (χ0n) is 11.7.